The Labute approximate surface area is 150 Å². The van der Waals surface area contributed by atoms with Crippen LogP contribution in [0, 0.1) is 0 Å². The molecular weight excluding hydrogens is 334 g/mol. The largest absolute Gasteiger partial charge is 0.481 e. The summed E-state index contributed by atoms with van der Waals surface area (Å²) in [5.41, 5.74) is 2.19. The first-order valence-electron chi connectivity index (χ1n) is 8.12. The summed E-state index contributed by atoms with van der Waals surface area (Å²) in [6, 6.07) is 20.2. The summed E-state index contributed by atoms with van der Waals surface area (Å²) in [4.78, 5) is 10.7. The average Bonchev–Trinajstić information content (AvgIpc) is 3.02. The van der Waals surface area contributed by atoms with Crippen molar-refractivity contribution < 1.29 is 9.90 Å². The van der Waals surface area contributed by atoms with E-state index in [2.05, 4.69) is 26.9 Å². The molecule has 25 heavy (non-hydrogen) atoms. The van der Waals surface area contributed by atoms with Crippen molar-refractivity contribution in [1.29, 1.82) is 0 Å². The SMILES string of the molecule is O=C(O)CCCSc1nnc(Cc2ccccc2)n1-c1ccccc1. The Hall–Kier alpha value is -2.60. The highest BCUT2D eigenvalue weighted by Crippen LogP contribution is 2.24. The van der Waals surface area contributed by atoms with E-state index in [1.165, 1.54) is 5.56 Å². The monoisotopic (exact) mass is 353 g/mol. The number of thioether (sulfide) groups is 1. The van der Waals surface area contributed by atoms with Gasteiger partial charge < -0.3 is 5.11 Å². The summed E-state index contributed by atoms with van der Waals surface area (Å²) in [7, 11) is 0. The number of carboxylic acid groups (broad SMARTS) is 1. The molecule has 0 aliphatic rings. The van der Waals surface area contributed by atoms with E-state index in [9.17, 15) is 4.79 Å². The third-order valence-electron chi connectivity index (χ3n) is 3.69. The number of carbonyl (C=O) groups is 1. The van der Waals surface area contributed by atoms with Crippen LogP contribution in [0.4, 0.5) is 0 Å². The van der Waals surface area contributed by atoms with Gasteiger partial charge in [-0.2, -0.15) is 0 Å². The molecule has 0 aliphatic carbocycles. The second kappa shape index (κ2) is 8.48. The first-order chi connectivity index (χ1) is 12.2. The Kier molecular flexibility index (Phi) is 5.85. The van der Waals surface area contributed by atoms with Crippen LogP contribution in [0.15, 0.2) is 65.8 Å². The lowest BCUT2D eigenvalue weighted by atomic mass is 10.1. The van der Waals surface area contributed by atoms with Crippen molar-refractivity contribution in [2.45, 2.75) is 24.4 Å². The minimum Gasteiger partial charge on any atom is -0.481 e. The van der Waals surface area contributed by atoms with Crippen LogP contribution >= 0.6 is 11.8 Å². The van der Waals surface area contributed by atoms with Crippen LogP contribution < -0.4 is 0 Å². The van der Waals surface area contributed by atoms with Crippen LogP contribution in [0.25, 0.3) is 5.69 Å². The number of hydrogen-bond donors (Lipinski definition) is 1. The molecule has 0 aliphatic heterocycles. The van der Waals surface area contributed by atoms with Gasteiger partial charge in [-0.3, -0.25) is 9.36 Å². The molecule has 0 unspecified atom stereocenters. The topological polar surface area (TPSA) is 68.0 Å². The van der Waals surface area contributed by atoms with E-state index in [4.69, 9.17) is 5.11 Å². The van der Waals surface area contributed by atoms with Gasteiger partial charge in [0.2, 0.25) is 0 Å². The number of hydrogen-bond acceptors (Lipinski definition) is 4. The molecule has 1 heterocycles. The van der Waals surface area contributed by atoms with Crippen molar-refractivity contribution in [3.8, 4) is 5.69 Å². The molecule has 0 atom stereocenters. The van der Waals surface area contributed by atoms with Gasteiger partial charge in [-0.05, 0) is 24.1 Å². The third-order valence-corrected chi connectivity index (χ3v) is 4.70. The molecule has 2 aromatic carbocycles. The number of aliphatic carboxylic acids is 1. The molecule has 0 amide bonds. The van der Waals surface area contributed by atoms with Gasteiger partial charge in [-0.15, -0.1) is 10.2 Å². The van der Waals surface area contributed by atoms with Gasteiger partial charge in [0.25, 0.3) is 0 Å². The predicted molar refractivity (Wildman–Crippen MR) is 98.2 cm³/mol. The maximum absolute atomic E-state index is 10.7. The molecule has 128 valence electrons. The third kappa shape index (κ3) is 4.70. The van der Waals surface area contributed by atoms with Crippen LogP contribution in [0.5, 0.6) is 0 Å². The highest BCUT2D eigenvalue weighted by molar-refractivity contribution is 7.99. The second-order valence-electron chi connectivity index (χ2n) is 5.58. The Morgan fingerprint density at radius 2 is 1.68 bits per heavy atom. The lowest BCUT2D eigenvalue weighted by Gasteiger charge is -2.10. The summed E-state index contributed by atoms with van der Waals surface area (Å²) in [5, 5.41) is 18.3. The molecular formula is C19H19N3O2S. The molecule has 0 fully saturated rings. The van der Waals surface area contributed by atoms with Crippen LogP contribution in [-0.2, 0) is 11.2 Å². The predicted octanol–water partition coefficient (Wildman–Crippen LogP) is 3.82. The molecule has 5 nitrogen and oxygen atoms in total. The lowest BCUT2D eigenvalue weighted by molar-refractivity contribution is -0.137. The van der Waals surface area contributed by atoms with Crippen molar-refractivity contribution >= 4 is 17.7 Å². The number of carboxylic acids is 1. The summed E-state index contributed by atoms with van der Waals surface area (Å²) >= 11 is 1.54. The molecule has 1 N–H and O–H groups in total. The van der Waals surface area contributed by atoms with Gasteiger partial charge >= 0.3 is 5.97 Å². The number of aromatic nitrogens is 3. The molecule has 3 aromatic rings. The zero-order valence-electron chi connectivity index (χ0n) is 13.7. The van der Waals surface area contributed by atoms with E-state index in [0.29, 0.717) is 18.6 Å². The van der Waals surface area contributed by atoms with Crippen molar-refractivity contribution in [3.05, 3.63) is 72.1 Å². The molecule has 0 saturated heterocycles. The maximum atomic E-state index is 10.7. The minimum absolute atomic E-state index is 0.170. The second-order valence-corrected chi connectivity index (χ2v) is 6.64. The van der Waals surface area contributed by atoms with Crippen molar-refractivity contribution in [1.82, 2.24) is 14.8 Å². The number of nitrogens with zero attached hydrogens (tertiary/aromatic N) is 3. The summed E-state index contributed by atoms with van der Waals surface area (Å²) in [6.45, 7) is 0. The van der Waals surface area contributed by atoms with E-state index in [0.717, 1.165) is 16.7 Å². The summed E-state index contributed by atoms with van der Waals surface area (Å²) in [5.74, 6) is 0.802. The van der Waals surface area contributed by atoms with E-state index in [-0.39, 0.29) is 6.42 Å². The summed E-state index contributed by atoms with van der Waals surface area (Å²) in [6.07, 6.45) is 1.47. The molecule has 0 spiro atoms. The van der Waals surface area contributed by atoms with Crippen LogP contribution in [0.1, 0.15) is 24.2 Å². The zero-order chi connectivity index (χ0) is 17.5. The van der Waals surface area contributed by atoms with Crippen LogP contribution in [0.3, 0.4) is 0 Å². The molecule has 0 radical (unpaired) electrons. The standard InChI is InChI=1S/C19H19N3O2S/c23-18(24)12-7-13-25-19-21-20-17(14-15-8-3-1-4-9-15)22(19)16-10-5-2-6-11-16/h1-6,8-11H,7,12-14H2,(H,23,24). The maximum Gasteiger partial charge on any atom is 0.303 e. The molecule has 6 heteroatoms. The fraction of sp³-hybridized carbons (Fsp3) is 0.211. The quantitative estimate of drug-likeness (QED) is 0.492. The Morgan fingerprint density at radius 1 is 1.00 bits per heavy atom. The Bertz CT molecular complexity index is 819. The fourth-order valence-corrected chi connectivity index (χ4v) is 3.42. The normalized spacial score (nSPS) is 10.7. The van der Waals surface area contributed by atoms with E-state index < -0.39 is 5.97 Å². The van der Waals surface area contributed by atoms with Gasteiger partial charge in [0, 0.05) is 24.3 Å². The lowest BCUT2D eigenvalue weighted by Crippen LogP contribution is -2.04. The van der Waals surface area contributed by atoms with Crippen molar-refractivity contribution in [2.75, 3.05) is 5.75 Å². The van der Waals surface area contributed by atoms with E-state index in [1.807, 2.05) is 48.5 Å². The summed E-state index contributed by atoms with van der Waals surface area (Å²) < 4.78 is 2.05. The van der Waals surface area contributed by atoms with Gasteiger partial charge in [-0.25, -0.2) is 0 Å². The fourth-order valence-electron chi connectivity index (χ4n) is 2.51. The number of benzene rings is 2. The molecule has 1 aromatic heterocycles. The van der Waals surface area contributed by atoms with E-state index >= 15 is 0 Å². The Balaban J connectivity index is 1.84. The average molecular weight is 353 g/mol. The van der Waals surface area contributed by atoms with Crippen LogP contribution in [-0.4, -0.2) is 31.6 Å². The number of para-hydroxylation sites is 1. The molecule has 0 saturated carbocycles. The smallest absolute Gasteiger partial charge is 0.303 e. The molecule has 3 rings (SSSR count). The van der Waals surface area contributed by atoms with Gasteiger partial charge in [0.1, 0.15) is 5.82 Å². The van der Waals surface area contributed by atoms with Gasteiger partial charge in [-0.1, -0.05) is 60.3 Å². The molecule has 0 bridgehead atoms. The zero-order valence-corrected chi connectivity index (χ0v) is 14.5. The first kappa shape index (κ1) is 17.2. The van der Waals surface area contributed by atoms with E-state index in [1.54, 1.807) is 11.8 Å². The Morgan fingerprint density at radius 3 is 2.36 bits per heavy atom. The minimum atomic E-state index is -0.769. The number of rotatable bonds is 8. The van der Waals surface area contributed by atoms with Gasteiger partial charge in [0.15, 0.2) is 5.16 Å². The van der Waals surface area contributed by atoms with Gasteiger partial charge in [0.05, 0.1) is 0 Å². The highest BCUT2D eigenvalue weighted by atomic mass is 32.2. The highest BCUT2D eigenvalue weighted by Gasteiger charge is 2.14. The van der Waals surface area contributed by atoms with Crippen molar-refractivity contribution in [3.63, 3.8) is 0 Å². The van der Waals surface area contributed by atoms with Crippen LogP contribution in [0.2, 0.25) is 0 Å². The van der Waals surface area contributed by atoms with Crippen molar-refractivity contribution in [2.24, 2.45) is 0 Å². The first-order valence-corrected chi connectivity index (χ1v) is 9.11.